The molecule has 1 unspecified atom stereocenters. The van der Waals surface area contributed by atoms with E-state index in [1.54, 1.807) is 0 Å². The van der Waals surface area contributed by atoms with Crippen LogP contribution < -0.4 is 10.2 Å². The molecule has 0 bridgehead atoms. The minimum absolute atomic E-state index is 0.313. The Kier molecular flexibility index (Phi) is 1.98. The molecule has 2 heterocycles. The summed E-state index contributed by atoms with van der Waals surface area (Å²) in [4.78, 5) is 2.43. The maximum Gasteiger partial charge on any atom is 0.0576 e. The van der Waals surface area contributed by atoms with E-state index in [0.717, 1.165) is 24.5 Å². The second-order valence-corrected chi connectivity index (χ2v) is 5.10. The van der Waals surface area contributed by atoms with E-state index in [1.165, 1.54) is 17.7 Å². The van der Waals surface area contributed by atoms with Crippen LogP contribution in [0.4, 0.5) is 5.69 Å². The quantitative estimate of drug-likeness (QED) is 0.723. The Labute approximate surface area is 95.2 Å². The van der Waals surface area contributed by atoms with Gasteiger partial charge in [0.1, 0.15) is 0 Å². The predicted octanol–water partition coefficient (Wildman–Crippen LogP) is 2.06. The molecule has 2 aliphatic rings. The number of rotatable bonds is 0. The Morgan fingerprint density at radius 1 is 1.47 bits per heavy atom. The van der Waals surface area contributed by atoms with Gasteiger partial charge in [0.25, 0.3) is 0 Å². The molecule has 3 rings (SSSR count). The van der Waals surface area contributed by atoms with E-state index in [0.29, 0.717) is 5.54 Å². The Morgan fingerprint density at radius 2 is 2.33 bits per heavy atom. The normalized spacial score (nSPS) is 28.8. The molecule has 1 atom stereocenters. The SMILES string of the molecule is CN1c2ccc(Cl)cc2CC12CCNC2. The van der Waals surface area contributed by atoms with Gasteiger partial charge >= 0.3 is 0 Å². The highest BCUT2D eigenvalue weighted by Gasteiger charge is 2.43. The molecule has 15 heavy (non-hydrogen) atoms. The van der Waals surface area contributed by atoms with E-state index in [-0.39, 0.29) is 0 Å². The lowest BCUT2D eigenvalue weighted by Crippen LogP contribution is -2.46. The monoisotopic (exact) mass is 222 g/mol. The smallest absolute Gasteiger partial charge is 0.0576 e. The number of hydrogen-bond acceptors (Lipinski definition) is 2. The van der Waals surface area contributed by atoms with Gasteiger partial charge in [-0.25, -0.2) is 0 Å². The first-order chi connectivity index (χ1) is 7.21. The Balaban J connectivity index is 2.04. The van der Waals surface area contributed by atoms with Gasteiger partial charge in [-0.15, -0.1) is 0 Å². The molecule has 1 aromatic rings. The highest BCUT2D eigenvalue weighted by atomic mass is 35.5. The maximum absolute atomic E-state index is 6.03. The summed E-state index contributed by atoms with van der Waals surface area (Å²) in [6.07, 6.45) is 2.36. The van der Waals surface area contributed by atoms with Crippen LogP contribution in [0.15, 0.2) is 18.2 Å². The van der Waals surface area contributed by atoms with Crippen LogP contribution in [-0.2, 0) is 6.42 Å². The number of nitrogens with one attached hydrogen (secondary N) is 1. The fourth-order valence-electron chi connectivity index (χ4n) is 2.92. The molecule has 1 saturated heterocycles. The summed E-state index contributed by atoms with van der Waals surface area (Å²) in [5.41, 5.74) is 3.06. The number of anilines is 1. The largest absolute Gasteiger partial charge is 0.367 e. The zero-order valence-electron chi connectivity index (χ0n) is 8.89. The third-order valence-electron chi connectivity index (χ3n) is 3.86. The molecule has 1 N–H and O–H groups in total. The molecule has 1 fully saturated rings. The van der Waals surface area contributed by atoms with Gasteiger partial charge in [0.15, 0.2) is 0 Å². The average molecular weight is 223 g/mol. The summed E-state index contributed by atoms with van der Waals surface area (Å²) >= 11 is 6.03. The van der Waals surface area contributed by atoms with Crippen molar-refractivity contribution in [2.75, 3.05) is 25.0 Å². The molecular formula is C12H15ClN2. The first-order valence-electron chi connectivity index (χ1n) is 5.44. The number of fused-ring (bicyclic) bond motifs is 1. The highest BCUT2D eigenvalue weighted by molar-refractivity contribution is 6.30. The van der Waals surface area contributed by atoms with E-state index < -0.39 is 0 Å². The minimum atomic E-state index is 0.313. The van der Waals surface area contributed by atoms with Gasteiger partial charge in [-0.2, -0.15) is 0 Å². The van der Waals surface area contributed by atoms with Crippen LogP contribution in [0, 0.1) is 0 Å². The third kappa shape index (κ3) is 1.28. The third-order valence-corrected chi connectivity index (χ3v) is 4.09. The summed E-state index contributed by atoms with van der Waals surface area (Å²) in [6.45, 7) is 2.22. The topological polar surface area (TPSA) is 15.3 Å². The molecule has 3 heteroatoms. The Morgan fingerprint density at radius 3 is 3.07 bits per heavy atom. The van der Waals surface area contributed by atoms with E-state index in [2.05, 4.69) is 29.4 Å². The number of halogens is 1. The van der Waals surface area contributed by atoms with Crippen LogP contribution in [0.3, 0.4) is 0 Å². The summed E-state index contributed by atoms with van der Waals surface area (Å²) in [7, 11) is 2.20. The zero-order valence-corrected chi connectivity index (χ0v) is 9.64. The van der Waals surface area contributed by atoms with Crippen LogP contribution in [0.5, 0.6) is 0 Å². The minimum Gasteiger partial charge on any atom is -0.367 e. The number of hydrogen-bond donors (Lipinski definition) is 1. The molecule has 0 saturated carbocycles. The van der Waals surface area contributed by atoms with Crippen molar-refractivity contribution >= 4 is 17.3 Å². The van der Waals surface area contributed by atoms with Crippen molar-refractivity contribution in [3.8, 4) is 0 Å². The highest BCUT2D eigenvalue weighted by Crippen LogP contribution is 2.41. The number of likely N-dealkylation sites (N-methyl/N-ethyl adjacent to an activating group) is 1. The Bertz CT molecular complexity index is 397. The summed E-state index contributed by atoms with van der Waals surface area (Å²) in [5, 5.41) is 4.31. The van der Waals surface area contributed by atoms with Crippen LogP contribution in [-0.4, -0.2) is 25.7 Å². The van der Waals surface area contributed by atoms with Gasteiger partial charge < -0.3 is 10.2 Å². The molecule has 0 aromatic heterocycles. The second-order valence-electron chi connectivity index (χ2n) is 4.66. The van der Waals surface area contributed by atoms with Gasteiger partial charge in [-0.1, -0.05) is 11.6 Å². The Hall–Kier alpha value is -0.730. The van der Waals surface area contributed by atoms with Crippen molar-refractivity contribution in [1.82, 2.24) is 5.32 Å². The number of nitrogens with zero attached hydrogens (tertiary/aromatic N) is 1. The molecule has 0 radical (unpaired) electrons. The van der Waals surface area contributed by atoms with Gasteiger partial charge in [-0.3, -0.25) is 0 Å². The van der Waals surface area contributed by atoms with Crippen molar-refractivity contribution in [2.24, 2.45) is 0 Å². The lowest BCUT2D eigenvalue weighted by Gasteiger charge is -2.33. The van der Waals surface area contributed by atoms with Crippen molar-refractivity contribution in [2.45, 2.75) is 18.4 Å². The van der Waals surface area contributed by atoms with Crippen LogP contribution >= 0.6 is 11.6 Å². The lowest BCUT2D eigenvalue weighted by atomic mass is 9.93. The van der Waals surface area contributed by atoms with Crippen LogP contribution in [0.1, 0.15) is 12.0 Å². The van der Waals surface area contributed by atoms with Crippen LogP contribution in [0.25, 0.3) is 0 Å². The van der Waals surface area contributed by atoms with E-state index in [1.807, 2.05) is 6.07 Å². The second kappa shape index (κ2) is 3.13. The molecule has 2 aliphatic heterocycles. The van der Waals surface area contributed by atoms with Gasteiger partial charge in [-0.05, 0) is 43.1 Å². The standard InChI is InChI=1S/C12H15ClN2/c1-15-11-3-2-10(13)6-9(11)7-12(15)4-5-14-8-12/h2-3,6,14H,4-5,7-8H2,1H3. The van der Waals surface area contributed by atoms with E-state index in [9.17, 15) is 0 Å². The lowest BCUT2D eigenvalue weighted by molar-refractivity contribution is 0.465. The van der Waals surface area contributed by atoms with E-state index in [4.69, 9.17) is 11.6 Å². The molecule has 2 nitrogen and oxygen atoms in total. The average Bonchev–Trinajstić information content (AvgIpc) is 2.76. The molecule has 80 valence electrons. The molecule has 1 aromatic carbocycles. The molecule has 0 aliphatic carbocycles. The van der Waals surface area contributed by atoms with Gasteiger partial charge in [0.05, 0.1) is 5.54 Å². The van der Waals surface area contributed by atoms with Crippen molar-refractivity contribution < 1.29 is 0 Å². The molecule has 0 amide bonds. The van der Waals surface area contributed by atoms with Crippen molar-refractivity contribution in [3.63, 3.8) is 0 Å². The predicted molar refractivity (Wildman–Crippen MR) is 63.8 cm³/mol. The van der Waals surface area contributed by atoms with Gasteiger partial charge in [0.2, 0.25) is 0 Å². The van der Waals surface area contributed by atoms with Crippen LogP contribution in [0.2, 0.25) is 5.02 Å². The molecule has 1 spiro atoms. The van der Waals surface area contributed by atoms with Gasteiger partial charge in [0, 0.05) is 24.3 Å². The summed E-state index contributed by atoms with van der Waals surface area (Å²) in [5.74, 6) is 0. The first-order valence-corrected chi connectivity index (χ1v) is 5.82. The fraction of sp³-hybridized carbons (Fsp3) is 0.500. The zero-order chi connectivity index (χ0) is 10.5. The van der Waals surface area contributed by atoms with Crippen molar-refractivity contribution in [3.05, 3.63) is 28.8 Å². The summed E-state index contributed by atoms with van der Waals surface area (Å²) in [6, 6.07) is 6.24. The number of benzene rings is 1. The first kappa shape index (κ1) is 9.49. The molecular weight excluding hydrogens is 208 g/mol. The summed E-state index contributed by atoms with van der Waals surface area (Å²) < 4.78 is 0. The fourth-order valence-corrected chi connectivity index (χ4v) is 3.11. The van der Waals surface area contributed by atoms with E-state index >= 15 is 0 Å². The van der Waals surface area contributed by atoms with Crippen molar-refractivity contribution in [1.29, 1.82) is 0 Å². The maximum atomic E-state index is 6.03.